The first kappa shape index (κ1) is 22.0. The molecule has 1 fully saturated rings. The zero-order valence-electron chi connectivity index (χ0n) is 17.6. The van der Waals surface area contributed by atoms with Crippen LogP contribution in [0.15, 0.2) is 42.5 Å². The van der Waals surface area contributed by atoms with Crippen LogP contribution in [-0.4, -0.2) is 46.4 Å². The number of carbonyl (C=O) groups is 1. The summed E-state index contributed by atoms with van der Waals surface area (Å²) in [5, 5.41) is 2.90. The van der Waals surface area contributed by atoms with Gasteiger partial charge in [0.15, 0.2) is 11.5 Å². The molecule has 3 rings (SSSR count). The van der Waals surface area contributed by atoms with Gasteiger partial charge in [-0.05, 0) is 56.5 Å². The van der Waals surface area contributed by atoms with Crippen LogP contribution in [0.4, 0.5) is 5.69 Å². The van der Waals surface area contributed by atoms with Gasteiger partial charge in [0.1, 0.15) is 6.61 Å². The quantitative estimate of drug-likeness (QED) is 0.727. The highest BCUT2D eigenvalue weighted by atomic mass is 32.2. The number of nitrogens with zero attached hydrogens (tertiary/aromatic N) is 1. The second-order valence-electron chi connectivity index (χ2n) is 7.43. The average Bonchev–Trinajstić information content (AvgIpc) is 2.72. The Labute approximate surface area is 178 Å². The largest absolute Gasteiger partial charge is 0.493 e. The maximum Gasteiger partial charge on any atom is 0.251 e. The fourth-order valence-corrected chi connectivity index (χ4v) is 5.07. The van der Waals surface area contributed by atoms with E-state index in [1.807, 2.05) is 26.0 Å². The summed E-state index contributed by atoms with van der Waals surface area (Å²) in [6.07, 6.45) is 1.48. The maximum absolute atomic E-state index is 12.7. The van der Waals surface area contributed by atoms with Crippen LogP contribution in [0, 0.1) is 6.92 Å². The topological polar surface area (TPSA) is 84.9 Å². The molecule has 0 saturated carbocycles. The first-order chi connectivity index (χ1) is 14.3. The van der Waals surface area contributed by atoms with Crippen molar-refractivity contribution in [1.82, 2.24) is 5.32 Å². The van der Waals surface area contributed by atoms with Crippen molar-refractivity contribution in [3.05, 3.63) is 53.6 Å². The highest BCUT2D eigenvalue weighted by Gasteiger charge is 2.27. The lowest BCUT2D eigenvalue weighted by Crippen LogP contribution is -2.39. The molecular weight excluding hydrogens is 404 g/mol. The molecule has 2 aromatic carbocycles. The van der Waals surface area contributed by atoms with Crippen molar-refractivity contribution in [2.75, 3.05) is 30.3 Å². The summed E-state index contributed by atoms with van der Waals surface area (Å²) in [5.74, 6) is 1.10. The number of para-hydroxylation sites is 2. The molecule has 1 N–H and O–H groups in total. The molecule has 1 aliphatic heterocycles. The third-order valence-corrected chi connectivity index (χ3v) is 6.88. The van der Waals surface area contributed by atoms with E-state index < -0.39 is 10.0 Å². The third kappa shape index (κ3) is 5.05. The standard InChI is InChI=1S/C22H28N2O5S/c1-16-10-11-18(14-19(16)24-12-6-7-13-30(24,26)27)22(25)23-17(2)15-29-21-9-5-4-8-20(21)28-3/h4-5,8-11,14,17H,6-7,12-13,15H2,1-3H3,(H,23,25)/t17-/m0/s1. The van der Waals surface area contributed by atoms with Gasteiger partial charge < -0.3 is 14.8 Å². The molecule has 1 aliphatic rings. The number of ether oxygens (including phenoxy) is 2. The van der Waals surface area contributed by atoms with E-state index in [1.165, 1.54) is 4.31 Å². The van der Waals surface area contributed by atoms with Crippen LogP contribution < -0.4 is 19.1 Å². The molecule has 0 unspecified atom stereocenters. The number of benzene rings is 2. The van der Waals surface area contributed by atoms with Crippen molar-refractivity contribution in [3.63, 3.8) is 0 Å². The molecular formula is C22H28N2O5S. The van der Waals surface area contributed by atoms with Gasteiger partial charge in [0.25, 0.3) is 5.91 Å². The van der Waals surface area contributed by atoms with Gasteiger partial charge in [-0.3, -0.25) is 9.10 Å². The van der Waals surface area contributed by atoms with E-state index >= 15 is 0 Å². The van der Waals surface area contributed by atoms with E-state index in [0.717, 1.165) is 12.0 Å². The summed E-state index contributed by atoms with van der Waals surface area (Å²) in [5.41, 5.74) is 1.81. The second-order valence-corrected chi connectivity index (χ2v) is 9.45. The van der Waals surface area contributed by atoms with Gasteiger partial charge in [-0.25, -0.2) is 8.42 Å². The van der Waals surface area contributed by atoms with Gasteiger partial charge in [0, 0.05) is 12.1 Å². The molecule has 1 atom stereocenters. The highest BCUT2D eigenvalue weighted by Crippen LogP contribution is 2.28. The highest BCUT2D eigenvalue weighted by molar-refractivity contribution is 7.92. The third-order valence-electron chi connectivity index (χ3n) is 5.02. The monoisotopic (exact) mass is 432 g/mol. The molecule has 1 heterocycles. The molecule has 1 amide bonds. The number of hydrogen-bond acceptors (Lipinski definition) is 5. The lowest BCUT2D eigenvalue weighted by Gasteiger charge is -2.29. The van der Waals surface area contributed by atoms with Crippen LogP contribution in [0.3, 0.4) is 0 Å². The lowest BCUT2D eigenvalue weighted by atomic mass is 10.1. The Balaban J connectivity index is 1.68. The summed E-state index contributed by atoms with van der Waals surface area (Å²) in [7, 11) is -1.77. The molecule has 7 nitrogen and oxygen atoms in total. The number of rotatable bonds is 7. The van der Waals surface area contributed by atoms with Crippen LogP contribution in [0.25, 0.3) is 0 Å². The number of sulfonamides is 1. The fourth-order valence-electron chi connectivity index (χ4n) is 3.38. The van der Waals surface area contributed by atoms with Gasteiger partial charge in [-0.15, -0.1) is 0 Å². The predicted octanol–water partition coefficient (Wildman–Crippen LogP) is 3.13. The molecule has 0 aromatic heterocycles. The molecule has 2 aromatic rings. The SMILES string of the molecule is COc1ccccc1OC[C@H](C)NC(=O)c1ccc(C)c(N2CCCCS2(=O)=O)c1. The number of carbonyl (C=O) groups excluding carboxylic acids is 1. The molecule has 30 heavy (non-hydrogen) atoms. The molecule has 0 spiro atoms. The van der Waals surface area contributed by atoms with Crippen molar-refractivity contribution in [2.45, 2.75) is 32.7 Å². The molecule has 8 heteroatoms. The number of anilines is 1. The molecule has 0 bridgehead atoms. The summed E-state index contributed by atoms with van der Waals surface area (Å²) < 4.78 is 37.4. The van der Waals surface area contributed by atoms with Gasteiger partial charge in [0.05, 0.1) is 24.6 Å². The van der Waals surface area contributed by atoms with Crippen molar-refractivity contribution >= 4 is 21.6 Å². The van der Waals surface area contributed by atoms with Crippen LogP contribution in [0.5, 0.6) is 11.5 Å². The van der Waals surface area contributed by atoms with E-state index in [-0.39, 0.29) is 24.3 Å². The summed E-state index contributed by atoms with van der Waals surface area (Å²) >= 11 is 0. The number of hydrogen-bond donors (Lipinski definition) is 1. The van der Waals surface area contributed by atoms with Crippen LogP contribution in [0.2, 0.25) is 0 Å². The Morgan fingerprint density at radius 2 is 1.90 bits per heavy atom. The Morgan fingerprint density at radius 3 is 2.60 bits per heavy atom. The molecule has 1 saturated heterocycles. The predicted molar refractivity (Wildman–Crippen MR) is 117 cm³/mol. The summed E-state index contributed by atoms with van der Waals surface area (Å²) in [6.45, 7) is 4.41. The zero-order valence-corrected chi connectivity index (χ0v) is 18.4. The van der Waals surface area contributed by atoms with E-state index in [4.69, 9.17) is 9.47 Å². The Bertz CT molecular complexity index is 1010. The van der Waals surface area contributed by atoms with Crippen LogP contribution in [0.1, 0.15) is 35.7 Å². The summed E-state index contributed by atoms with van der Waals surface area (Å²) in [6, 6.07) is 12.2. The van der Waals surface area contributed by atoms with Crippen molar-refractivity contribution in [2.24, 2.45) is 0 Å². The lowest BCUT2D eigenvalue weighted by molar-refractivity contribution is 0.0926. The molecule has 0 radical (unpaired) electrons. The first-order valence-corrected chi connectivity index (χ1v) is 11.6. The van der Waals surface area contributed by atoms with Gasteiger partial charge >= 0.3 is 0 Å². The maximum atomic E-state index is 12.7. The number of aryl methyl sites for hydroxylation is 1. The van der Waals surface area contributed by atoms with Crippen LogP contribution in [-0.2, 0) is 10.0 Å². The minimum absolute atomic E-state index is 0.139. The van der Waals surface area contributed by atoms with E-state index in [0.29, 0.717) is 35.7 Å². The number of amides is 1. The summed E-state index contributed by atoms with van der Waals surface area (Å²) in [4.78, 5) is 12.7. The average molecular weight is 433 g/mol. The minimum Gasteiger partial charge on any atom is -0.493 e. The first-order valence-electron chi connectivity index (χ1n) is 9.99. The molecule has 0 aliphatic carbocycles. The number of nitrogens with one attached hydrogen (secondary N) is 1. The van der Waals surface area contributed by atoms with E-state index in [1.54, 1.807) is 37.4 Å². The van der Waals surface area contributed by atoms with E-state index in [2.05, 4.69) is 5.32 Å². The van der Waals surface area contributed by atoms with Crippen molar-refractivity contribution in [3.8, 4) is 11.5 Å². The Morgan fingerprint density at radius 1 is 1.17 bits per heavy atom. The zero-order chi connectivity index (χ0) is 21.7. The normalized spacial score (nSPS) is 16.6. The Hall–Kier alpha value is -2.74. The second kappa shape index (κ2) is 9.38. The van der Waals surface area contributed by atoms with Gasteiger partial charge in [0.2, 0.25) is 10.0 Å². The minimum atomic E-state index is -3.34. The van der Waals surface area contributed by atoms with Gasteiger partial charge in [-0.2, -0.15) is 0 Å². The van der Waals surface area contributed by atoms with Crippen molar-refractivity contribution < 1.29 is 22.7 Å². The fraction of sp³-hybridized carbons (Fsp3) is 0.409. The smallest absolute Gasteiger partial charge is 0.251 e. The van der Waals surface area contributed by atoms with Crippen molar-refractivity contribution in [1.29, 1.82) is 0 Å². The Kier molecular flexibility index (Phi) is 6.87. The molecule has 162 valence electrons. The van der Waals surface area contributed by atoms with E-state index in [9.17, 15) is 13.2 Å². The van der Waals surface area contributed by atoms with Crippen LogP contribution >= 0.6 is 0 Å². The van der Waals surface area contributed by atoms with Gasteiger partial charge in [-0.1, -0.05) is 18.2 Å². The number of methoxy groups -OCH3 is 1.